The van der Waals surface area contributed by atoms with Gasteiger partial charge in [0.15, 0.2) is 0 Å². The van der Waals surface area contributed by atoms with Crippen molar-refractivity contribution in [3.63, 3.8) is 0 Å². The third-order valence-electron chi connectivity index (χ3n) is 3.54. The second-order valence-corrected chi connectivity index (χ2v) is 5.03. The molecule has 0 bridgehead atoms. The van der Waals surface area contributed by atoms with Crippen molar-refractivity contribution in [1.29, 1.82) is 0 Å². The highest BCUT2D eigenvalue weighted by Crippen LogP contribution is 2.16. The molecule has 0 atom stereocenters. The number of ether oxygens (including phenoxy) is 1. The minimum absolute atomic E-state index is 0.175. The summed E-state index contributed by atoms with van der Waals surface area (Å²) in [6.07, 6.45) is 2.65. The Morgan fingerprint density at radius 3 is 2.67 bits per heavy atom. The quantitative estimate of drug-likeness (QED) is 0.817. The number of hydrogen-bond acceptors (Lipinski definition) is 4. The molecule has 1 aromatic rings. The number of amides is 1. The van der Waals surface area contributed by atoms with Crippen LogP contribution >= 0.6 is 0 Å². The van der Waals surface area contributed by atoms with Gasteiger partial charge in [0, 0.05) is 31.7 Å². The Morgan fingerprint density at radius 1 is 1.24 bits per heavy atom. The van der Waals surface area contributed by atoms with Crippen LogP contribution in [0.2, 0.25) is 0 Å². The molecule has 1 aromatic carbocycles. The average molecular weight is 290 g/mol. The molecule has 5 nitrogen and oxygen atoms in total. The summed E-state index contributed by atoms with van der Waals surface area (Å²) in [5, 5.41) is 3.16. The number of carbonyl (C=O) groups excluding carboxylic acids is 2. The zero-order chi connectivity index (χ0) is 15.1. The SMILES string of the molecule is CCOC(=O)c1ccccc1NCCC(=O)N1CCCC1. The fraction of sp³-hybridized carbons (Fsp3) is 0.500. The van der Waals surface area contributed by atoms with Gasteiger partial charge in [-0.15, -0.1) is 0 Å². The minimum atomic E-state index is -0.341. The Hall–Kier alpha value is -2.04. The molecule has 1 fully saturated rings. The van der Waals surface area contributed by atoms with Crippen molar-refractivity contribution in [2.45, 2.75) is 26.2 Å². The molecule has 21 heavy (non-hydrogen) atoms. The van der Waals surface area contributed by atoms with Gasteiger partial charge in [-0.05, 0) is 31.9 Å². The van der Waals surface area contributed by atoms with Crippen LogP contribution in [0.3, 0.4) is 0 Å². The molecule has 0 spiro atoms. The number of carbonyl (C=O) groups is 2. The summed E-state index contributed by atoms with van der Waals surface area (Å²) in [5.74, 6) is -0.167. The summed E-state index contributed by atoms with van der Waals surface area (Å²) < 4.78 is 5.02. The molecule has 1 N–H and O–H groups in total. The zero-order valence-corrected chi connectivity index (χ0v) is 12.4. The molecule has 1 aliphatic rings. The molecule has 2 rings (SSSR count). The van der Waals surface area contributed by atoms with E-state index in [0.717, 1.165) is 25.9 Å². The molecule has 0 saturated carbocycles. The summed E-state index contributed by atoms with van der Waals surface area (Å²) in [6, 6.07) is 7.20. The third-order valence-corrected chi connectivity index (χ3v) is 3.54. The normalized spacial score (nSPS) is 14.0. The van der Waals surface area contributed by atoms with Crippen molar-refractivity contribution in [2.24, 2.45) is 0 Å². The highest BCUT2D eigenvalue weighted by molar-refractivity contribution is 5.95. The van der Waals surface area contributed by atoms with E-state index in [1.54, 1.807) is 19.1 Å². The lowest BCUT2D eigenvalue weighted by Gasteiger charge is -2.16. The lowest BCUT2D eigenvalue weighted by atomic mass is 10.1. The number of rotatable bonds is 6. The van der Waals surface area contributed by atoms with Crippen LogP contribution in [0.1, 0.15) is 36.5 Å². The van der Waals surface area contributed by atoms with Gasteiger partial charge in [-0.1, -0.05) is 12.1 Å². The van der Waals surface area contributed by atoms with Crippen LogP contribution in [0, 0.1) is 0 Å². The van der Waals surface area contributed by atoms with Crippen molar-refractivity contribution in [2.75, 3.05) is 31.6 Å². The van der Waals surface area contributed by atoms with Gasteiger partial charge >= 0.3 is 5.97 Å². The molecule has 0 radical (unpaired) electrons. The van der Waals surface area contributed by atoms with E-state index in [9.17, 15) is 9.59 Å². The van der Waals surface area contributed by atoms with Crippen LogP contribution in [-0.2, 0) is 9.53 Å². The van der Waals surface area contributed by atoms with Crippen molar-refractivity contribution >= 4 is 17.6 Å². The van der Waals surface area contributed by atoms with Gasteiger partial charge in [0.2, 0.25) is 5.91 Å². The van der Waals surface area contributed by atoms with E-state index in [2.05, 4.69) is 5.32 Å². The summed E-state index contributed by atoms with van der Waals surface area (Å²) in [4.78, 5) is 25.7. The van der Waals surface area contributed by atoms with E-state index in [0.29, 0.717) is 30.8 Å². The number of para-hydroxylation sites is 1. The van der Waals surface area contributed by atoms with Gasteiger partial charge < -0.3 is 15.0 Å². The van der Waals surface area contributed by atoms with Crippen LogP contribution in [0.15, 0.2) is 24.3 Å². The van der Waals surface area contributed by atoms with Crippen LogP contribution in [0.25, 0.3) is 0 Å². The van der Waals surface area contributed by atoms with Crippen molar-refractivity contribution in [3.8, 4) is 0 Å². The molecular weight excluding hydrogens is 268 g/mol. The predicted molar refractivity (Wildman–Crippen MR) is 81.3 cm³/mol. The molecule has 0 aliphatic carbocycles. The molecule has 1 saturated heterocycles. The van der Waals surface area contributed by atoms with Gasteiger partial charge in [0.05, 0.1) is 12.2 Å². The second kappa shape index (κ2) is 7.67. The van der Waals surface area contributed by atoms with E-state index in [4.69, 9.17) is 4.74 Å². The van der Waals surface area contributed by atoms with Gasteiger partial charge in [-0.2, -0.15) is 0 Å². The zero-order valence-electron chi connectivity index (χ0n) is 12.4. The highest BCUT2D eigenvalue weighted by atomic mass is 16.5. The maximum absolute atomic E-state index is 12.0. The lowest BCUT2D eigenvalue weighted by molar-refractivity contribution is -0.129. The van der Waals surface area contributed by atoms with E-state index in [1.165, 1.54) is 0 Å². The minimum Gasteiger partial charge on any atom is -0.462 e. The first-order chi connectivity index (χ1) is 10.2. The van der Waals surface area contributed by atoms with Gasteiger partial charge in [0.1, 0.15) is 0 Å². The Bertz CT molecular complexity index is 496. The number of nitrogens with one attached hydrogen (secondary N) is 1. The van der Waals surface area contributed by atoms with Gasteiger partial charge in [0.25, 0.3) is 0 Å². The summed E-state index contributed by atoms with van der Waals surface area (Å²) in [6.45, 7) is 4.39. The van der Waals surface area contributed by atoms with Crippen molar-refractivity contribution < 1.29 is 14.3 Å². The Labute approximate surface area is 125 Å². The number of benzene rings is 1. The predicted octanol–water partition coefficient (Wildman–Crippen LogP) is 2.29. The number of nitrogens with zero attached hydrogens (tertiary/aromatic N) is 1. The second-order valence-electron chi connectivity index (χ2n) is 5.03. The summed E-state index contributed by atoms with van der Waals surface area (Å²) >= 11 is 0. The maximum Gasteiger partial charge on any atom is 0.340 e. The molecule has 5 heteroatoms. The molecule has 0 unspecified atom stereocenters. The molecule has 1 heterocycles. The average Bonchev–Trinajstić information content (AvgIpc) is 3.02. The molecular formula is C16H22N2O3. The van der Waals surface area contributed by atoms with Crippen LogP contribution < -0.4 is 5.32 Å². The van der Waals surface area contributed by atoms with Gasteiger partial charge in [-0.25, -0.2) is 4.79 Å². The van der Waals surface area contributed by atoms with Crippen LogP contribution in [-0.4, -0.2) is 43.0 Å². The molecule has 1 amide bonds. The summed E-state index contributed by atoms with van der Waals surface area (Å²) in [5.41, 5.74) is 1.22. The third kappa shape index (κ3) is 4.21. The Morgan fingerprint density at radius 2 is 1.95 bits per heavy atom. The highest BCUT2D eigenvalue weighted by Gasteiger charge is 2.17. The van der Waals surface area contributed by atoms with E-state index in [1.807, 2.05) is 17.0 Å². The smallest absolute Gasteiger partial charge is 0.340 e. The maximum atomic E-state index is 12.0. The first-order valence-electron chi connectivity index (χ1n) is 7.50. The summed E-state index contributed by atoms with van der Waals surface area (Å²) in [7, 11) is 0. The molecule has 1 aliphatic heterocycles. The number of hydrogen-bond donors (Lipinski definition) is 1. The van der Waals surface area contributed by atoms with Crippen LogP contribution in [0.4, 0.5) is 5.69 Å². The Kier molecular flexibility index (Phi) is 5.60. The number of anilines is 1. The Balaban J connectivity index is 1.88. The largest absolute Gasteiger partial charge is 0.462 e. The van der Waals surface area contributed by atoms with E-state index >= 15 is 0 Å². The van der Waals surface area contributed by atoms with Crippen molar-refractivity contribution in [3.05, 3.63) is 29.8 Å². The molecule has 114 valence electrons. The first kappa shape index (κ1) is 15.4. The first-order valence-corrected chi connectivity index (χ1v) is 7.50. The number of likely N-dealkylation sites (tertiary alicyclic amines) is 1. The number of esters is 1. The van der Waals surface area contributed by atoms with Crippen LogP contribution in [0.5, 0.6) is 0 Å². The standard InChI is InChI=1S/C16H22N2O3/c1-2-21-16(20)13-7-3-4-8-14(13)17-10-9-15(19)18-11-5-6-12-18/h3-4,7-8,17H,2,5-6,9-12H2,1H3. The molecule has 0 aromatic heterocycles. The fourth-order valence-corrected chi connectivity index (χ4v) is 2.45. The monoisotopic (exact) mass is 290 g/mol. The van der Waals surface area contributed by atoms with E-state index < -0.39 is 0 Å². The fourth-order valence-electron chi connectivity index (χ4n) is 2.45. The van der Waals surface area contributed by atoms with E-state index in [-0.39, 0.29) is 11.9 Å². The lowest BCUT2D eigenvalue weighted by Crippen LogP contribution is -2.29. The van der Waals surface area contributed by atoms with Crippen molar-refractivity contribution in [1.82, 2.24) is 4.90 Å². The topological polar surface area (TPSA) is 58.6 Å². The van der Waals surface area contributed by atoms with Gasteiger partial charge in [-0.3, -0.25) is 4.79 Å².